The summed E-state index contributed by atoms with van der Waals surface area (Å²) in [5.41, 5.74) is 5.49. The molecule has 0 saturated heterocycles. The lowest BCUT2D eigenvalue weighted by atomic mass is 10.4. The third-order valence-corrected chi connectivity index (χ3v) is 3.53. The molecular weight excluding hydrogens is 318 g/mol. The molecule has 0 aliphatic rings. The van der Waals surface area contributed by atoms with Crippen LogP contribution in [0, 0.1) is 0 Å². The van der Waals surface area contributed by atoms with Gasteiger partial charge >= 0.3 is 11.8 Å². The molecule has 0 aromatic carbocycles. The molecule has 2 aromatic rings. The van der Waals surface area contributed by atoms with Gasteiger partial charge in [0.15, 0.2) is 11.0 Å². The summed E-state index contributed by atoms with van der Waals surface area (Å²) in [5, 5.41) is 15.0. The first-order chi connectivity index (χ1) is 9.65. The smallest absolute Gasteiger partial charge is 0.315 e. The number of nitrogens with zero attached hydrogens (tertiary/aromatic N) is 5. The van der Waals surface area contributed by atoms with E-state index in [2.05, 4.69) is 25.7 Å². The Morgan fingerprint density at radius 3 is 2.90 bits per heavy atom. The van der Waals surface area contributed by atoms with E-state index >= 15 is 0 Å². The number of nitrogens with two attached hydrogens (primary N) is 1. The van der Waals surface area contributed by atoms with Crippen LogP contribution in [0.3, 0.4) is 0 Å². The number of nitrogens with one attached hydrogen (secondary N) is 1. The molecule has 0 aliphatic heterocycles. The van der Waals surface area contributed by atoms with Gasteiger partial charge in [0.05, 0.1) is 5.75 Å². The van der Waals surface area contributed by atoms with E-state index in [4.69, 9.17) is 10.3 Å². The van der Waals surface area contributed by atoms with Crippen molar-refractivity contribution in [2.24, 2.45) is 12.8 Å². The predicted octanol–water partition coefficient (Wildman–Crippen LogP) is -0.227. The maximum Gasteiger partial charge on any atom is 0.315 e. The van der Waals surface area contributed by atoms with E-state index in [1.54, 1.807) is 0 Å². The largest absolute Gasteiger partial charge is 0.351 e. The predicted molar refractivity (Wildman–Crippen MR) is 78.3 cm³/mol. The molecule has 21 heavy (non-hydrogen) atoms. The van der Waals surface area contributed by atoms with Gasteiger partial charge in [0.1, 0.15) is 5.82 Å². The topological polar surface area (TPSA) is 125 Å². The van der Waals surface area contributed by atoms with Crippen molar-refractivity contribution >= 4 is 30.1 Å². The normalized spacial score (nSPS) is 10.2. The number of carbonyl (C=O) groups is 1. The first-order valence-electron chi connectivity index (χ1n) is 5.91. The Morgan fingerprint density at radius 1 is 1.48 bits per heavy atom. The molecule has 0 atom stereocenters. The van der Waals surface area contributed by atoms with Crippen molar-refractivity contribution in [1.29, 1.82) is 0 Å². The lowest BCUT2D eigenvalue weighted by molar-refractivity contribution is 0.0919. The Kier molecular flexibility index (Phi) is 6.59. The van der Waals surface area contributed by atoms with Crippen LogP contribution < -0.4 is 11.1 Å². The van der Waals surface area contributed by atoms with Gasteiger partial charge in [0.25, 0.3) is 0 Å². The van der Waals surface area contributed by atoms with E-state index in [0.29, 0.717) is 24.5 Å². The summed E-state index contributed by atoms with van der Waals surface area (Å²) in [5.74, 6) is 1.24. The second kappa shape index (κ2) is 7.96. The molecule has 2 aromatic heterocycles. The molecule has 2 heterocycles. The quantitative estimate of drug-likeness (QED) is 0.695. The second-order valence-electron chi connectivity index (χ2n) is 3.88. The van der Waals surface area contributed by atoms with Crippen molar-refractivity contribution < 1.29 is 9.32 Å². The monoisotopic (exact) mass is 333 g/mol. The van der Waals surface area contributed by atoms with Gasteiger partial charge < -0.3 is 20.1 Å². The molecular formula is C10H16ClN7O2S. The average Bonchev–Trinajstić information content (AvgIpc) is 3.05. The van der Waals surface area contributed by atoms with Crippen LogP contribution in [0.1, 0.15) is 22.3 Å². The Balaban J connectivity index is 0.00000220. The zero-order chi connectivity index (χ0) is 14.5. The molecule has 116 valence electrons. The summed E-state index contributed by atoms with van der Waals surface area (Å²) in [4.78, 5) is 15.3. The lowest BCUT2D eigenvalue weighted by Crippen LogP contribution is -2.18. The van der Waals surface area contributed by atoms with Gasteiger partial charge in [-0.2, -0.15) is 4.98 Å². The van der Waals surface area contributed by atoms with Crippen molar-refractivity contribution in [1.82, 2.24) is 30.2 Å². The van der Waals surface area contributed by atoms with Gasteiger partial charge in [-0.05, 0) is 6.54 Å². The molecule has 9 nitrogen and oxygen atoms in total. The Morgan fingerprint density at radius 2 is 2.24 bits per heavy atom. The summed E-state index contributed by atoms with van der Waals surface area (Å²) in [6.07, 6.45) is 0.674. The second-order valence-corrected chi connectivity index (χ2v) is 4.82. The Hall–Kier alpha value is -1.65. The Bertz CT molecular complexity index is 600. The fourth-order valence-electron chi connectivity index (χ4n) is 1.46. The third-order valence-electron chi connectivity index (χ3n) is 2.51. The number of hydrogen-bond acceptors (Lipinski definition) is 8. The minimum atomic E-state index is -0.405. The van der Waals surface area contributed by atoms with Gasteiger partial charge in [-0.3, -0.25) is 4.79 Å². The number of aromatic nitrogens is 5. The van der Waals surface area contributed by atoms with E-state index in [1.165, 1.54) is 18.8 Å². The van der Waals surface area contributed by atoms with Crippen LogP contribution in [0.2, 0.25) is 0 Å². The number of hydrogen-bond donors (Lipinski definition) is 2. The van der Waals surface area contributed by atoms with Gasteiger partial charge in [0.2, 0.25) is 0 Å². The highest BCUT2D eigenvalue weighted by Gasteiger charge is 2.15. The molecule has 0 saturated carbocycles. The highest BCUT2D eigenvalue weighted by molar-refractivity contribution is 7.98. The van der Waals surface area contributed by atoms with Gasteiger partial charge in [-0.15, -0.1) is 22.6 Å². The molecule has 0 radical (unpaired) electrons. The minimum absolute atomic E-state index is 0. The van der Waals surface area contributed by atoms with Crippen molar-refractivity contribution in [3.8, 4) is 0 Å². The molecule has 0 aliphatic carbocycles. The minimum Gasteiger partial charge on any atom is -0.351 e. The van der Waals surface area contributed by atoms with E-state index in [0.717, 1.165) is 11.0 Å². The van der Waals surface area contributed by atoms with Crippen molar-refractivity contribution in [2.45, 2.75) is 17.3 Å². The zero-order valence-electron chi connectivity index (χ0n) is 11.6. The molecule has 0 unspecified atom stereocenters. The zero-order valence-corrected chi connectivity index (χ0v) is 13.2. The van der Waals surface area contributed by atoms with Gasteiger partial charge in [0, 0.05) is 20.5 Å². The molecule has 11 heteroatoms. The van der Waals surface area contributed by atoms with E-state index in [9.17, 15) is 4.79 Å². The van der Waals surface area contributed by atoms with Crippen LogP contribution in [-0.4, -0.2) is 44.4 Å². The van der Waals surface area contributed by atoms with Crippen molar-refractivity contribution in [3.05, 3.63) is 17.5 Å². The van der Waals surface area contributed by atoms with Crippen molar-refractivity contribution in [2.75, 3.05) is 13.6 Å². The number of carbonyl (C=O) groups excluding carboxylic acids is 1. The first-order valence-corrected chi connectivity index (χ1v) is 6.90. The third kappa shape index (κ3) is 4.16. The summed E-state index contributed by atoms with van der Waals surface area (Å²) >= 11 is 1.41. The Labute approximate surface area is 131 Å². The van der Waals surface area contributed by atoms with E-state index in [1.807, 2.05) is 11.6 Å². The highest BCUT2D eigenvalue weighted by atomic mass is 35.5. The standard InChI is InChI=1S/C10H15N7O2S.ClH/c1-12-8(18)9-13-6(16-19-9)5-20-10-15-14-7(3-4-11)17(10)2;/h3-5,11H2,1-2H3,(H,12,18);1H. The van der Waals surface area contributed by atoms with E-state index in [-0.39, 0.29) is 18.3 Å². The fraction of sp³-hybridized carbons (Fsp3) is 0.500. The maximum absolute atomic E-state index is 11.3. The maximum atomic E-state index is 11.3. The summed E-state index contributed by atoms with van der Waals surface area (Å²) in [6.45, 7) is 0.525. The van der Waals surface area contributed by atoms with E-state index < -0.39 is 5.91 Å². The average molecular weight is 334 g/mol. The molecule has 1 amide bonds. The van der Waals surface area contributed by atoms with Crippen LogP contribution in [0.5, 0.6) is 0 Å². The number of amides is 1. The molecule has 3 N–H and O–H groups in total. The SMILES string of the molecule is CNC(=O)c1nc(CSc2nnc(CCN)n2C)no1.Cl. The summed E-state index contributed by atoms with van der Waals surface area (Å²) in [6, 6.07) is 0. The summed E-state index contributed by atoms with van der Waals surface area (Å²) < 4.78 is 6.71. The summed E-state index contributed by atoms with van der Waals surface area (Å²) in [7, 11) is 3.37. The number of rotatable bonds is 6. The first kappa shape index (κ1) is 17.4. The van der Waals surface area contributed by atoms with Crippen LogP contribution in [-0.2, 0) is 19.2 Å². The van der Waals surface area contributed by atoms with Crippen LogP contribution in [0.25, 0.3) is 0 Å². The van der Waals surface area contributed by atoms with Crippen LogP contribution in [0.15, 0.2) is 9.68 Å². The van der Waals surface area contributed by atoms with Crippen molar-refractivity contribution in [3.63, 3.8) is 0 Å². The van der Waals surface area contributed by atoms with Gasteiger partial charge in [-0.25, -0.2) is 0 Å². The lowest BCUT2D eigenvalue weighted by Gasteiger charge is -2.00. The molecule has 0 spiro atoms. The van der Waals surface area contributed by atoms with Crippen LogP contribution >= 0.6 is 24.2 Å². The molecule has 2 rings (SSSR count). The number of halogens is 1. The van der Waals surface area contributed by atoms with Crippen LogP contribution in [0.4, 0.5) is 0 Å². The van der Waals surface area contributed by atoms with Gasteiger partial charge in [-0.1, -0.05) is 16.9 Å². The fourth-order valence-corrected chi connectivity index (χ4v) is 2.23. The molecule has 0 bridgehead atoms. The highest BCUT2D eigenvalue weighted by Crippen LogP contribution is 2.19. The molecule has 0 fully saturated rings. The number of thioether (sulfide) groups is 1.